The Hall–Kier alpha value is -3.32. The Morgan fingerprint density at radius 2 is 1.94 bits per heavy atom. The SMILES string of the molecule is CCC(C)[C@H](CO)NC(=O)COc1ccc(-c2cc3cccc(OC)c3oc2=O)cc1. The molecular formula is C24H27NO6. The van der Waals surface area contributed by atoms with Crippen molar-refractivity contribution in [2.75, 3.05) is 20.3 Å². The van der Waals surface area contributed by atoms with Crippen molar-refractivity contribution in [2.45, 2.75) is 26.3 Å². The third-order valence-electron chi connectivity index (χ3n) is 5.35. The molecule has 7 heteroatoms. The smallest absolute Gasteiger partial charge is 0.344 e. The van der Waals surface area contributed by atoms with E-state index in [1.54, 1.807) is 36.4 Å². The molecule has 0 spiro atoms. The van der Waals surface area contributed by atoms with E-state index < -0.39 is 5.63 Å². The number of aliphatic hydroxyl groups is 1. The van der Waals surface area contributed by atoms with Crippen molar-refractivity contribution in [1.29, 1.82) is 0 Å². The van der Waals surface area contributed by atoms with Crippen LogP contribution in [0, 0.1) is 5.92 Å². The lowest BCUT2D eigenvalue weighted by Gasteiger charge is -2.22. The highest BCUT2D eigenvalue weighted by atomic mass is 16.5. The molecule has 7 nitrogen and oxygen atoms in total. The maximum atomic E-state index is 12.5. The molecule has 0 bridgehead atoms. The lowest BCUT2D eigenvalue weighted by Crippen LogP contribution is -2.43. The normalized spacial score (nSPS) is 12.9. The molecule has 3 rings (SSSR count). The van der Waals surface area contributed by atoms with Gasteiger partial charge in [0.25, 0.3) is 5.91 Å². The van der Waals surface area contributed by atoms with E-state index in [0.29, 0.717) is 28.2 Å². The summed E-state index contributed by atoms with van der Waals surface area (Å²) in [5.74, 6) is 0.865. The fourth-order valence-electron chi connectivity index (χ4n) is 3.26. The first-order chi connectivity index (χ1) is 15.0. The second-order valence-electron chi connectivity index (χ2n) is 7.38. The number of amides is 1. The molecule has 1 heterocycles. The van der Waals surface area contributed by atoms with Crippen LogP contribution in [-0.4, -0.2) is 37.4 Å². The zero-order valence-electron chi connectivity index (χ0n) is 17.9. The monoisotopic (exact) mass is 425 g/mol. The van der Waals surface area contributed by atoms with Gasteiger partial charge in [-0.25, -0.2) is 4.79 Å². The summed E-state index contributed by atoms with van der Waals surface area (Å²) in [6, 6.07) is 13.7. The summed E-state index contributed by atoms with van der Waals surface area (Å²) in [4.78, 5) is 24.6. The molecule has 3 aromatic rings. The van der Waals surface area contributed by atoms with Gasteiger partial charge in [-0.05, 0) is 35.7 Å². The number of methoxy groups -OCH3 is 1. The lowest BCUT2D eigenvalue weighted by atomic mass is 10.00. The molecule has 1 amide bonds. The topological polar surface area (TPSA) is 98.0 Å². The number of carbonyl (C=O) groups is 1. The van der Waals surface area contributed by atoms with Crippen LogP contribution in [0.1, 0.15) is 20.3 Å². The number of ether oxygens (including phenoxy) is 2. The van der Waals surface area contributed by atoms with Crippen molar-refractivity contribution >= 4 is 16.9 Å². The van der Waals surface area contributed by atoms with Crippen LogP contribution < -0.4 is 20.4 Å². The van der Waals surface area contributed by atoms with Gasteiger partial charge in [-0.15, -0.1) is 0 Å². The summed E-state index contributed by atoms with van der Waals surface area (Å²) in [5.41, 5.74) is 1.03. The van der Waals surface area contributed by atoms with Crippen LogP contribution in [0.5, 0.6) is 11.5 Å². The van der Waals surface area contributed by atoms with Crippen LogP contribution >= 0.6 is 0 Å². The molecule has 164 valence electrons. The van der Waals surface area contributed by atoms with Gasteiger partial charge in [0.05, 0.1) is 25.3 Å². The van der Waals surface area contributed by atoms with Crippen LogP contribution in [0.15, 0.2) is 57.7 Å². The van der Waals surface area contributed by atoms with Crippen molar-refractivity contribution in [3.8, 4) is 22.6 Å². The number of hydrogen-bond acceptors (Lipinski definition) is 6. The number of nitrogens with one attached hydrogen (secondary N) is 1. The molecule has 0 saturated heterocycles. The van der Waals surface area contributed by atoms with Gasteiger partial charge in [0, 0.05) is 5.39 Å². The van der Waals surface area contributed by atoms with E-state index in [0.717, 1.165) is 11.8 Å². The fraction of sp³-hybridized carbons (Fsp3) is 0.333. The third kappa shape index (κ3) is 5.24. The Labute approximate surface area is 180 Å². The van der Waals surface area contributed by atoms with Crippen molar-refractivity contribution < 1.29 is 23.8 Å². The summed E-state index contributed by atoms with van der Waals surface area (Å²) in [6.07, 6.45) is 0.851. The molecular weight excluding hydrogens is 398 g/mol. The standard InChI is InChI=1S/C24H27NO6/c1-4-15(2)20(13-26)25-22(27)14-30-18-10-8-16(9-11-18)19-12-17-6-5-7-21(29-3)23(17)31-24(19)28/h5-12,15,20,26H,4,13-14H2,1-3H3,(H,25,27)/t15?,20-/m0/s1. The minimum Gasteiger partial charge on any atom is -0.493 e. The van der Waals surface area contributed by atoms with Crippen LogP contribution in [0.4, 0.5) is 0 Å². The van der Waals surface area contributed by atoms with E-state index in [9.17, 15) is 14.7 Å². The highest BCUT2D eigenvalue weighted by Gasteiger charge is 2.17. The van der Waals surface area contributed by atoms with E-state index in [1.165, 1.54) is 7.11 Å². The molecule has 0 saturated carbocycles. The van der Waals surface area contributed by atoms with Gasteiger partial charge in [0.1, 0.15) is 5.75 Å². The quantitative estimate of drug-likeness (QED) is 0.510. The van der Waals surface area contributed by atoms with Gasteiger partial charge in [-0.2, -0.15) is 0 Å². The maximum Gasteiger partial charge on any atom is 0.344 e. The number of benzene rings is 2. The van der Waals surface area contributed by atoms with Gasteiger partial charge in [0.2, 0.25) is 0 Å². The molecule has 1 aromatic heterocycles. The van der Waals surface area contributed by atoms with E-state index in [4.69, 9.17) is 13.9 Å². The molecule has 0 aliphatic rings. The van der Waals surface area contributed by atoms with E-state index in [2.05, 4.69) is 5.32 Å². The summed E-state index contributed by atoms with van der Waals surface area (Å²) in [7, 11) is 1.52. The highest BCUT2D eigenvalue weighted by Crippen LogP contribution is 2.28. The molecule has 31 heavy (non-hydrogen) atoms. The molecule has 0 fully saturated rings. The maximum absolute atomic E-state index is 12.5. The molecule has 0 radical (unpaired) electrons. The number of carbonyl (C=O) groups excluding carboxylic acids is 1. The largest absolute Gasteiger partial charge is 0.493 e. The van der Waals surface area contributed by atoms with Gasteiger partial charge in [0.15, 0.2) is 17.9 Å². The van der Waals surface area contributed by atoms with Crippen LogP contribution in [0.3, 0.4) is 0 Å². The summed E-state index contributed by atoms with van der Waals surface area (Å²) < 4.78 is 16.3. The van der Waals surface area contributed by atoms with Gasteiger partial charge >= 0.3 is 5.63 Å². The average Bonchev–Trinajstić information content (AvgIpc) is 2.80. The third-order valence-corrected chi connectivity index (χ3v) is 5.35. The van der Waals surface area contributed by atoms with Crippen molar-refractivity contribution in [3.05, 3.63) is 59.0 Å². The predicted molar refractivity (Wildman–Crippen MR) is 118 cm³/mol. The predicted octanol–water partition coefficient (Wildman–Crippen LogP) is 3.37. The van der Waals surface area contributed by atoms with E-state index >= 15 is 0 Å². The zero-order valence-corrected chi connectivity index (χ0v) is 17.9. The zero-order chi connectivity index (χ0) is 22.4. The average molecular weight is 425 g/mol. The van der Waals surface area contributed by atoms with Crippen LogP contribution in [0.25, 0.3) is 22.1 Å². The molecule has 2 N–H and O–H groups in total. The Balaban J connectivity index is 1.70. The number of aliphatic hydroxyl groups excluding tert-OH is 1. The lowest BCUT2D eigenvalue weighted by molar-refractivity contribution is -0.124. The molecule has 2 atom stereocenters. The second kappa shape index (κ2) is 10.1. The van der Waals surface area contributed by atoms with E-state index in [-0.39, 0.29) is 31.1 Å². The fourth-order valence-corrected chi connectivity index (χ4v) is 3.26. The summed E-state index contributed by atoms with van der Waals surface area (Å²) >= 11 is 0. The highest BCUT2D eigenvalue weighted by molar-refractivity contribution is 5.86. The molecule has 0 aliphatic carbocycles. The molecule has 2 aromatic carbocycles. The number of rotatable bonds is 9. The first-order valence-electron chi connectivity index (χ1n) is 10.2. The first kappa shape index (κ1) is 22.4. The Kier molecular flexibility index (Phi) is 7.31. The van der Waals surface area contributed by atoms with Gasteiger partial charge in [-0.3, -0.25) is 4.79 Å². The van der Waals surface area contributed by atoms with Gasteiger partial charge < -0.3 is 24.3 Å². The molecule has 0 aliphatic heterocycles. The number of fused-ring (bicyclic) bond motifs is 1. The number of hydrogen-bond donors (Lipinski definition) is 2. The van der Waals surface area contributed by atoms with Crippen LogP contribution in [-0.2, 0) is 4.79 Å². The van der Waals surface area contributed by atoms with Gasteiger partial charge in [-0.1, -0.05) is 44.5 Å². The van der Waals surface area contributed by atoms with Crippen molar-refractivity contribution in [2.24, 2.45) is 5.92 Å². The van der Waals surface area contributed by atoms with E-state index in [1.807, 2.05) is 26.0 Å². The second-order valence-corrected chi connectivity index (χ2v) is 7.38. The first-order valence-corrected chi connectivity index (χ1v) is 10.2. The van der Waals surface area contributed by atoms with Crippen LogP contribution in [0.2, 0.25) is 0 Å². The Morgan fingerprint density at radius 1 is 1.19 bits per heavy atom. The Bertz CT molecular complexity index is 1090. The van der Waals surface area contributed by atoms with Crippen molar-refractivity contribution in [1.82, 2.24) is 5.32 Å². The van der Waals surface area contributed by atoms with Crippen molar-refractivity contribution in [3.63, 3.8) is 0 Å². The Morgan fingerprint density at radius 3 is 2.58 bits per heavy atom. The molecule has 1 unspecified atom stereocenters. The summed E-state index contributed by atoms with van der Waals surface area (Å²) in [5, 5.41) is 13.0. The summed E-state index contributed by atoms with van der Waals surface area (Å²) in [6.45, 7) is 3.70. The minimum atomic E-state index is -0.467. The minimum absolute atomic E-state index is 0.115. The number of para-hydroxylation sites is 1.